The summed E-state index contributed by atoms with van der Waals surface area (Å²) in [4.78, 5) is 0. The van der Waals surface area contributed by atoms with Crippen LogP contribution >= 0.6 is 0 Å². The number of ether oxygens (including phenoxy) is 1. The summed E-state index contributed by atoms with van der Waals surface area (Å²) in [5.41, 5.74) is 1.27. The molecular formula is C12H19NO2. The molecule has 1 rings (SSSR count). The maximum atomic E-state index is 8.67. The van der Waals surface area contributed by atoms with Gasteiger partial charge in [0.2, 0.25) is 0 Å². The van der Waals surface area contributed by atoms with Crippen LogP contribution in [0.2, 0.25) is 0 Å². The van der Waals surface area contributed by atoms with Crippen molar-refractivity contribution in [1.29, 1.82) is 0 Å². The minimum absolute atomic E-state index is 0.187. The van der Waals surface area contributed by atoms with E-state index in [1.54, 1.807) is 7.11 Å². The monoisotopic (exact) mass is 209 g/mol. The van der Waals surface area contributed by atoms with E-state index in [1.165, 1.54) is 5.56 Å². The number of hydrogen-bond donors (Lipinski definition) is 2. The first-order chi connectivity index (χ1) is 7.26. The first-order valence-corrected chi connectivity index (χ1v) is 5.23. The first-order valence-electron chi connectivity index (χ1n) is 5.23. The van der Waals surface area contributed by atoms with Gasteiger partial charge in [0.05, 0.1) is 13.7 Å². The van der Waals surface area contributed by atoms with Crippen molar-refractivity contribution in [2.45, 2.75) is 19.4 Å². The van der Waals surface area contributed by atoms with Crippen LogP contribution in [0.3, 0.4) is 0 Å². The Kier molecular flexibility index (Phi) is 5.15. The molecule has 0 fully saturated rings. The van der Waals surface area contributed by atoms with E-state index in [4.69, 9.17) is 9.84 Å². The Morgan fingerprint density at radius 3 is 2.53 bits per heavy atom. The van der Waals surface area contributed by atoms with E-state index in [-0.39, 0.29) is 6.61 Å². The highest BCUT2D eigenvalue weighted by molar-refractivity contribution is 5.27. The number of methoxy groups -OCH3 is 1. The third-order valence-electron chi connectivity index (χ3n) is 2.31. The number of rotatable bonds is 6. The van der Waals surface area contributed by atoms with Crippen molar-refractivity contribution in [3.8, 4) is 5.75 Å². The van der Waals surface area contributed by atoms with Gasteiger partial charge < -0.3 is 15.2 Å². The van der Waals surface area contributed by atoms with E-state index in [0.29, 0.717) is 12.6 Å². The Morgan fingerprint density at radius 1 is 1.33 bits per heavy atom. The van der Waals surface area contributed by atoms with Crippen LogP contribution in [0.4, 0.5) is 0 Å². The Hall–Kier alpha value is -1.06. The lowest BCUT2D eigenvalue weighted by Crippen LogP contribution is -2.30. The van der Waals surface area contributed by atoms with Gasteiger partial charge in [-0.1, -0.05) is 12.1 Å². The molecule has 3 heteroatoms. The van der Waals surface area contributed by atoms with Gasteiger partial charge >= 0.3 is 0 Å². The van der Waals surface area contributed by atoms with Gasteiger partial charge in [-0.15, -0.1) is 0 Å². The molecule has 1 unspecified atom stereocenters. The van der Waals surface area contributed by atoms with Gasteiger partial charge in [0.15, 0.2) is 0 Å². The Bertz CT molecular complexity index is 271. The second-order valence-corrected chi connectivity index (χ2v) is 3.63. The standard InChI is InChI=1S/C12H19NO2/c1-10(13-7-8-14)9-11-3-5-12(15-2)6-4-11/h3-6,10,13-14H,7-9H2,1-2H3. The van der Waals surface area contributed by atoms with Gasteiger partial charge in [0.1, 0.15) is 5.75 Å². The fourth-order valence-corrected chi connectivity index (χ4v) is 1.50. The molecular weight excluding hydrogens is 190 g/mol. The molecule has 1 aromatic rings. The number of nitrogens with one attached hydrogen (secondary N) is 1. The van der Waals surface area contributed by atoms with Gasteiger partial charge in [-0.05, 0) is 31.0 Å². The van der Waals surface area contributed by atoms with Gasteiger partial charge in [-0.3, -0.25) is 0 Å². The summed E-state index contributed by atoms with van der Waals surface area (Å²) in [6, 6.07) is 8.44. The van der Waals surface area contributed by atoms with Crippen LogP contribution in [-0.4, -0.2) is 31.4 Å². The molecule has 0 aliphatic heterocycles. The smallest absolute Gasteiger partial charge is 0.118 e. The van der Waals surface area contributed by atoms with Crippen LogP contribution in [0.1, 0.15) is 12.5 Å². The zero-order valence-corrected chi connectivity index (χ0v) is 9.36. The maximum absolute atomic E-state index is 8.67. The molecule has 84 valence electrons. The molecule has 1 atom stereocenters. The van der Waals surface area contributed by atoms with Crippen molar-refractivity contribution in [3.05, 3.63) is 29.8 Å². The highest BCUT2D eigenvalue weighted by Gasteiger charge is 2.02. The van der Waals surface area contributed by atoms with Crippen LogP contribution in [0.25, 0.3) is 0 Å². The minimum atomic E-state index is 0.187. The van der Waals surface area contributed by atoms with Crippen molar-refractivity contribution in [2.75, 3.05) is 20.3 Å². The van der Waals surface area contributed by atoms with E-state index < -0.39 is 0 Å². The molecule has 0 aromatic heterocycles. The molecule has 0 saturated carbocycles. The molecule has 0 aliphatic carbocycles. The number of benzene rings is 1. The van der Waals surface area contributed by atoms with Gasteiger partial charge in [0, 0.05) is 12.6 Å². The summed E-state index contributed by atoms with van der Waals surface area (Å²) < 4.78 is 5.09. The van der Waals surface area contributed by atoms with Crippen LogP contribution in [0.15, 0.2) is 24.3 Å². The average molecular weight is 209 g/mol. The maximum Gasteiger partial charge on any atom is 0.118 e. The largest absolute Gasteiger partial charge is 0.497 e. The molecule has 0 bridgehead atoms. The van der Waals surface area contributed by atoms with Crippen molar-refractivity contribution < 1.29 is 9.84 Å². The lowest BCUT2D eigenvalue weighted by atomic mass is 10.1. The summed E-state index contributed by atoms with van der Waals surface area (Å²) in [7, 11) is 1.67. The zero-order valence-electron chi connectivity index (χ0n) is 9.36. The number of hydrogen-bond acceptors (Lipinski definition) is 3. The van der Waals surface area contributed by atoms with Gasteiger partial charge in [-0.25, -0.2) is 0 Å². The van der Waals surface area contributed by atoms with E-state index >= 15 is 0 Å². The highest BCUT2D eigenvalue weighted by Crippen LogP contribution is 2.12. The SMILES string of the molecule is COc1ccc(CC(C)NCCO)cc1. The molecule has 0 saturated heterocycles. The highest BCUT2D eigenvalue weighted by atomic mass is 16.5. The van der Waals surface area contributed by atoms with E-state index in [2.05, 4.69) is 24.4 Å². The Morgan fingerprint density at radius 2 is 2.00 bits per heavy atom. The lowest BCUT2D eigenvalue weighted by molar-refractivity contribution is 0.285. The zero-order chi connectivity index (χ0) is 11.1. The quantitative estimate of drug-likeness (QED) is 0.740. The van der Waals surface area contributed by atoms with Crippen LogP contribution in [-0.2, 0) is 6.42 Å². The second-order valence-electron chi connectivity index (χ2n) is 3.63. The Labute approximate surface area is 91.1 Å². The molecule has 15 heavy (non-hydrogen) atoms. The third-order valence-corrected chi connectivity index (χ3v) is 2.31. The molecule has 0 amide bonds. The predicted octanol–water partition coefficient (Wildman–Crippen LogP) is 1.21. The molecule has 1 aromatic carbocycles. The van der Waals surface area contributed by atoms with E-state index in [1.807, 2.05) is 12.1 Å². The summed E-state index contributed by atoms with van der Waals surface area (Å²) in [5, 5.41) is 11.9. The molecule has 0 aliphatic rings. The normalized spacial score (nSPS) is 12.5. The summed E-state index contributed by atoms with van der Waals surface area (Å²) in [6.45, 7) is 2.95. The third kappa shape index (κ3) is 4.32. The van der Waals surface area contributed by atoms with Crippen LogP contribution < -0.4 is 10.1 Å². The van der Waals surface area contributed by atoms with Crippen molar-refractivity contribution in [1.82, 2.24) is 5.32 Å². The molecule has 2 N–H and O–H groups in total. The van der Waals surface area contributed by atoms with Crippen molar-refractivity contribution in [3.63, 3.8) is 0 Å². The molecule has 0 heterocycles. The molecule has 0 radical (unpaired) electrons. The van der Waals surface area contributed by atoms with Crippen LogP contribution in [0.5, 0.6) is 5.75 Å². The lowest BCUT2D eigenvalue weighted by Gasteiger charge is -2.12. The summed E-state index contributed by atoms with van der Waals surface area (Å²) >= 11 is 0. The van der Waals surface area contributed by atoms with Crippen molar-refractivity contribution >= 4 is 0 Å². The summed E-state index contributed by atoms with van der Waals surface area (Å²) in [5.74, 6) is 0.884. The van der Waals surface area contributed by atoms with Gasteiger partial charge in [0.25, 0.3) is 0 Å². The first kappa shape index (κ1) is 12.0. The fraction of sp³-hybridized carbons (Fsp3) is 0.500. The molecule has 3 nitrogen and oxygen atoms in total. The van der Waals surface area contributed by atoms with E-state index in [0.717, 1.165) is 12.2 Å². The van der Waals surface area contributed by atoms with E-state index in [9.17, 15) is 0 Å². The number of aliphatic hydroxyl groups is 1. The Balaban J connectivity index is 2.42. The predicted molar refractivity (Wildman–Crippen MR) is 61.2 cm³/mol. The fourth-order valence-electron chi connectivity index (χ4n) is 1.50. The van der Waals surface area contributed by atoms with Crippen molar-refractivity contribution in [2.24, 2.45) is 0 Å². The average Bonchev–Trinajstić information content (AvgIpc) is 2.27. The summed E-state index contributed by atoms with van der Waals surface area (Å²) in [6.07, 6.45) is 0.962. The topological polar surface area (TPSA) is 41.5 Å². The minimum Gasteiger partial charge on any atom is -0.497 e. The molecule has 0 spiro atoms. The van der Waals surface area contributed by atoms with Gasteiger partial charge in [-0.2, -0.15) is 0 Å². The second kappa shape index (κ2) is 6.43. The number of aliphatic hydroxyl groups excluding tert-OH is 1. The van der Waals surface area contributed by atoms with Crippen LogP contribution in [0, 0.1) is 0 Å².